The van der Waals surface area contributed by atoms with Gasteiger partial charge < -0.3 is 10.4 Å². The summed E-state index contributed by atoms with van der Waals surface area (Å²) in [7, 11) is 0. The normalized spacial score (nSPS) is 10.4. The van der Waals surface area contributed by atoms with Crippen LogP contribution in [-0.2, 0) is 11.3 Å². The van der Waals surface area contributed by atoms with Gasteiger partial charge >= 0.3 is 5.97 Å². The van der Waals surface area contributed by atoms with E-state index >= 15 is 0 Å². The van der Waals surface area contributed by atoms with Gasteiger partial charge in [0.1, 0.15) is 6.54 Å². The van der Waals surface area contributed by atoms with Gasteiger partial charge in [-0.2, -0.15) is 5.10 Å². The maximum absolute atomic E-state index is 12.0. The van der Waals surface area contributed by atoms with Crippen molar-refractivity contribution in [3.8, 4) is 0 Å². The zero-order valence-corrected chi connectivity index (χ0v) is 12.3. The summed E-state index contributed by atoms with van der Waals surface area (Å²) in [6, 6.07) is 6.02. The molecule has 0 saturated carbocycles. The third-order valence-electron chi connectivity index (χ3n) is 2.89. The van der Waals surface area contributed by atoms with Crippen molar-refractivity contribution in [3.63, 3.8) is 0 Å². The molecule has 2 N–H and O–H groups in total. The van der Waals surface area contributed by atoms with E-state index in [0.29, 0.717) is 5.69 Å². The van der Waals surface area contributed by atoms with Gasteiger partial charge in [0.2, 0.25) is 5.91 Å². The van der Waals surface area contributed by atoms with Gasteiger partial charge in [0.05, 0.1) is 22.0 Å². The van der Waals surface area contributed by atoms with Crippen LogP contribution in [0.2, 0.25) is 5.02 Å². The lowest BCUT2D eigenvalue weighted by Gasteiger charge is -2.09. The lowest BCUT2D eigenvalue weighted by molar-refractivity contribution is -0.116. The minimum absolute atomic E-state index is 0.0662. The Morgan fingerprint density at radius 3 is 2.57 bits per heavy atom. The van der Waals surface area contributed by atoms with Crippen LogP contribution in [0.15, 0.2) is 24.3 Å². The number of carboxylic acids is 1. The molecule has 0 unspecified atom stereocenters. The molecule has 1 heterocycles. The Hall–Kier alpha value is -2.34. The largest absolute Gasteiger partial charge is 0.478 e. The quantitative estimate of drug-likeness (QED) is 0.909. The average Bonchev–Trinajstić information content (AvgIpc) is 2.70. The molecule has 110 valence electrons. The van der Waals surface area contributed by atoms with Crippen molar-refractivity contribution in [3.05, 3.63) is 46.2 Å². The van der Waals surface area contributed by atoms with E-state index in [2.05, 4.69) is 10.4 Å². The number of amides is 1. The summed E-state index contributed by atoms with van der Waals surface area (Å²) >= 11 is 5.96. The van der Waals surface area contributed by atoms with E-state index in [4.69, 9.17) is 16.7 Å². The molecule has 1 aromatic carbocycles. The summed E-state index contributed by atoms with van der Waals surface area (Å²) in [4.78, 5) is 22.8. The van der Waals surface area contributed by atoms with Crippen molar-refractivity contribution >= 4 is 29.2 Å². The first-order valence-corrected chi connectivity index (χ1v) is 6.58. The Kier molecular flexibility index (Phi) is 4.28. The molecular formula is C14H14ClN3O3. The van der Waals surface area contributed by atoms with E-state index in [1.165, 1.54) is 18.2 Å². The Morgan fingerprint density at radius 1 is 1.33 bits per heavy atom. The van der Waals surface area contributed by atoms with Crippen LogP contribution >= 0.6 is 11.6 Å². The molecule has 0 fully saturated rings. The Morgan fingerprint density at radius 2 is 2.05 bits per heavy atom. The van der Waals surface area contributed by atoms with Gasteiger partial charge in [-0.05, 0) is 38.1 Å². The average molecular weight is 308 g/mol. The van der Waals surface area contributed by atoms with Crippen LogP contribution < -0.4 is 5.32 Å². The van der Waals surface area contributed by atoms with Crippen molar-refractivity contribution in [2.45, 2.75) is 20.4 Å². The molecule has 7 heteroatoms. The monoisotopic (exact) mass is 307 g/mol. The maximum Gasteiger partial charge on any atom is 0.335 e. The predicted octanol–water partition coefficient (Wildman–Crippen LogP) is 2.49. The highest BCUT2D eigenvalue weighted by atomic mass is 35.5. The minimum Gasteiger partial charge on any atom is -0.478 e. The number of aromatic nitrogens is 2. The fourth-order valence-electron chi connectivity index (χ4n) is 1.91. The molecular weight excluding hydrogens is 294 g/mol. The third kappa shape index (κ3) is 3.61. The smallest absolute Gasteiger partial charge is 0.335 e. The van der Waals surface area contributed by atoms with Gasteiger partial charge in [-0.3, -0.25) is 9.48 Å². The number of nitrogens with zero attached hydrogens (tertiary/aromatic N) is 2. The third-order valence-corrected chi connectivity index (χ3v) is 3.20. The van der Waals surface area contributed by atoms with Gasteiger partial charge in [0.15, 0.2) is 0 Å². The van der Waals surface area contributed by atoms with Crippen LogP contribution in [0.5, 0.6) is 0 Å². The Bertz CT molecular complexity index is 709. The second-order valence-electron chi connectivity index (χ2n) is 4.63. The molecule has 0 saturated heterocycles. The van der Waals surface area contributed by atoms with Crippen molar-refractivity contribution in [2.24, 2.45) is 0 Å². The SMILES string of the molecule is Cc1cc(C)n(CC(=O)Nc2ccc(C(=O)O)cc2Cl)n1. The molecule has 0 aliphatic rings. The molecule has 0 aliphatic heterocycles. The number of hydrogen-bond acceptors (Lipinski definition) is 3. The van der Waals surface area contributed by atoms with E-state index in [0.717, 1.165) is 11.4 Å². The second-order valence-corrected chi connectivity index (χ2v) is 5.04. The molecule has 21 heavy (non-hydrogen) atoms. The Labute approximate surface area is 126 Å². The maximum atomic E-state index is 12.0. The fraction of sp³-hybridized carbons (Fsp3) is 0.214. The molecule has 1 aromatic heterocycles. The van der Waals surface area contributed by atoms with Crippen LogP contribution in [0.3, 0.4) is 0 Å². The molecule has 0 spiro atoms. The topological polar surface area (TPSA) is 84.2 Å². The summed E-state index contributed by atoms with van der Waals surface area (Å²) in [6.45, 7) is 3.78. The highest BCUT2D eigenvalue weighted by molar-refractivity contribution is 6.34. The number of benzene rings is 1. The van der Waals surface area contributed by atoms with Crippen LogP contribution in [0.4, 0.5) is 5.69 Å². The van der Waals surface area contributed by atoms with Gasteiger partial charge in [-0.1, -0.05) is 11.6 Å². The molecule has 2 rings (SSSR count). The van der Waals surface area contributed by atoms with Gasteiger partial charge in [-0.15, -0.1) is 0 Å². The van der Waals surface area contributed by atoms with E-state index in [9.17, 15) is 9.59 Å². The van der Waals surface area contributed by atoms with E-state index in [1.54, 1.807) is 4.68 Å². The first-order valence-electron chi connectivity index (χ1n) is 6.20. The van der Waals surface area contributed by atoms with Gasteiger partial charge in [0, 0.05) is 5.69 Å². The number of aryl methyl sites for hydroxylation is 2. The summed E-state index contributed by atoms with van der Waals surface area (Å²) in [5.74, 6) is -1.36. The zero-order chi connectivity index (χ0) is 15.6. The van der Waals surface area contributed by atoms with Crippen LogP contribution in [-0.4, -0.2) is 26.8 Å². The number of aromatic carboxylic acids is 1. The minimum atomic E-state index is -1.07. The first kappa shape index (κ1) is 15.1. The van der Waals surface area contributed by atoms with E-state index < -0.39 is 5.97 Å². The van der Waals surface area contributed by atoms with Crippen LogP contribution in [0, 0.1) is 13.8 Å². The molecule has 2 aromatic rings. The second kappa shape index (κ2) is 5.97. The summed E-state index contributed by atoms with van der Waals surface area (Å²) in [6.07, 6.45) is 0. The van der Waals surface area contributed by atoms with E-state index in [-0.39, 0.29) is 23.0 Å². The van der Waals surface area contributed by atoms with Crippen molar-refractivity contribution in [1.29, 1.82) is 0 Å². The molecule has 0 atom stereocenters. The zero-order valence-electron chi connectivity index (χ0n) is 11.6. The van der Waals surface area contributed by atoms with Gasteiger partial charge in [-0.25, -0.2) is 4.79 Å². The number of halogens is 1. The molecule has 6 nitrogen and oxygen atoms in total. The molecule has 0 bridgehead atoms. The number of hydrogen-bond donors (Lipinski definition) is 2. The number of rotatable bonds is 4. The summed E-state index contributed by atoms with van der Waals surface area (Å²) in [5.41, 5.74) is 2.16. The van der Waals surface area contributed by atoms with Crippen molar-refractivity contribution in [2.75, 3.05) is 5.32 Å². The Balaban J connectivity index is 2.09. The van der Waals surface area contributed by atoms with Gasteiger partial charge in [0.25, 0.3) is 0 Å². The summed E-state index contributed by atoms with van der Waals surface area (Å²) < 4.78 is 1.59. The van der Waals surface area contributed by atoms with Crippen molar-refractivity contribution in [1.82, 2.24) is 9.78 Å². The number of anilines is 1. The number of carbonyl (C=O) groups excluding carboxylic acids is 1. The highest BCUT2D eigenvalue weighted by Gasteiger charge is 2.11. The number of carboxylic acid groups (broad SMARTS) is 1. The number of carbonyl (C=O) groups is 2. The lowest BCUT2D eigenvalue weighted by atomic mass is 10.2. The standard InChI is InChI=1S/C14H14ClN3O3/c1-8-5-9(2)18(17-8)7-13(19)16-12-4-3-10(14(20)21)6-11(12)15/h3-6H,7H2,1-2H3,(H,16,19)(H,20,21). The summed E-state index contributed by atoms with van der Waals surface area (Å²) in [5, 5.41) is 15.9. The van der Waals surface area contributed by atoms with Crippen LogP contribution in [0.1, 0.15) is 21.7 Å². The van der Waals surface area contributed by atoms with E-state index in [1.807, 2.05) is 19.9 Å². The first-order chi connectivity index (χ1) is 9.86. The highest BCUT2D eigenvalue weighted by Crippen LogP contribution is 2.23. The molecule has 1 amide bonds. The molecule has 0 aliphatic carbocycles. The molecule has 0 radical (unpaired) electrons. The lowest BCUT2D eigenvalue weighted by Crippen LogP contribution is -2.20. The van der Waals surface area contributed by atoms with Crippen LogP contribution in [0.25, 0.3) is 0 Å². The number of nitrogens with one attached hydrogen (secondary N) is 1. The van der Waals surface area contributed by atoms with Crippen molar-refractivity contribution < 1.29 is 14.7 Å². The fourth-order valence-corrected chi connectivity index (χ4v) is 2.14. The predicted molar refractivity (Wildman–Crippen MR) is 78.7 cm³/mol.